The lowest BCUT2D eigenvalue weighted by Gasteiger charge is -2.23. The van der Waals surface area contributed by atoms with E-state index in [4.69, 9.17) is 0 Å². The van der Waals surface area contributed by atoms with E-state index in [9.17, 15) is 13.6 Å². The highest BCUT2D eigenvalue weighted by Crippen LogP contribution is 2.35. The third-order valence-electron chi connectivity index (χ3n) is 3.01. The molecule has 0 fully saturated rings. The quantitative estimate of drug-likeness (QED) is 0.724. The smallest absolute Gasteiger partial charge is 0.264 e. The van der Waals surface area contributed by atoms with Crippen LogP contribution in [-0.2, 0) is 11.2 Å². The molecule has 0 N–H and O–H groups in total. The van der Waals surface area contributed by atoms with Gasteiger partial charge in [-0.15, -0.1) is 0 Å². The highest BCUT2D eigenvalue weighted by atomic mass is 19.3. The van der Waals surface area contributed by atoms with Crippen LogP contribution in [0.15, 0.2) is 6.07 Å². The summed E-state index contributed by atoms with van der Waals surface area (Å²) in [5.74, 6) is -0.304. The number of aromatic nitrogens is 1. The summed E-state index contributed by atoms with van der Waals surface area (Å²) >= 11 is 0. The van der Waals surface area contributed by atoms with Gasteiger partial charge in [-0.25, -0.2) is 8.78 Å². The highest BCUT2D eigenvalue weighted by molar-refractivity contribution is 5.63. The van der Waals surface area contributed by atoms with Crippen LogP contribution >= 0.6 is 0 Å². The maximum atomic E-state index is 12.8. The van der Waals surface area contributed by atoms with Crippen molar-refractivity contribution in [3.05, 3.63) is 28.6 Å². The van der Waals surface area contributed by atoms with Gasteiger partial charge in [0.05, 0.1) is 11.6 Å². The van der Waals surface area contributed by atoms with Crippen LogP contribution < -0.4 is 0 Å². The van der Waals surface area contributed by atoms with Crippen molar-refractivity contribution < 1.29 is 13.6 Å². The largest absolute Gasteiger partial charge is 0.303 e. The Morgan fingerprint density at radius 2 is 2.31 bits per heavy atom. The van der Waals surface area contributed by atoms with Gasteiger partial charge in [0.25, 0.3) is 6.43 Å². The fourth-order valence-electron chi connectivity index (χ4n) is 2.29. The van der Waals surface area contributed by atoms with Crippen molar-refractivity contribution in [3.63, 3.8) is 0 Å². The van der Waals surface area contributed by atoms with E-state index in [1.54, 1.807) is 6.92 Å². The number of nitrogens with zero attached hydrogens (tertiary/aromatic N) is 1. The fraction of sp³-hybridized carbons (Fsp3) is 0.500. The molecule has 86 valence electrons. The van der Waals surface area contributed by atoms with E-state index >= 15 is 0 Å². The summed E-state index contributed by atoms with van der Waals surface area (Å²) < 4.78 is 25.7. The molecule has 1 atom stereocenters. The van der Waals surface area contributed by atoms with Crippen molar-refractivity contribution in [1.29, 1.82) is 0 Å². The average molecular weight is 225 g/mol. The van der Waals surface area contributed by atoms with E-state index in [0.717, 1.165) is 19.1 Å². The van der Waals surface area contributed by atoms with Crippen LogP contribution in [0.5, 0.6) is 0 Å². The van der Waals surface area contributed by atoms with Crippen LogP contribution in [0.25, 0.3) is 0 Å². The molecular formula is C12H13F2NO. The lowest BCUT2D eigenvalue weighted by Crippen LogP contribution is -2.16. The number of carbonyl (C=O) groups is 1. The Morgan fingerprint density at radius 1 is 1.56 bits per heavy atom. The molecule has 1 aliphatic rings. The number of hydrogen-bond acceptors (Lipinski definition) is 2. The number of halogens is 2. The molecule has 1 aliphatic carbocycles. The monoisotopic (exact) mass is 225 g/mol. The molecule has 0 saturated carbocycles. The van der Waals surface area contributed by atoms with E-state index in [2.05, 4.69) is 4.98 Å². The summed E-state index contributed by atoms with van der Waals surface area (Å²) in [6.07, 6.45) is 0.434. The third kappa shape index (κ3) is 1.84. The van der Waals surface area contributed by atoms with E-state index in [0.29, 0.717) is 23.4 Å². The molecule has 16 heavy (non-hydrogen) atoms. The van der Waals surface area contributed by atoms with Crippen molar-refractivity contribution in [3.8, 4) is 0 Å². The molecule has 1 heterocycles. The van der Waals surface area contributed by atoms with E-state index in [-0.39, 0.29) is 11.5 Å². The molecular weight excluding hydrogens is 212 g/mol. The van der Waals surface area contributed by atoms with Crippen molar-refractivity contribution in [2.75, 3.05) is 0 Å². The van der Waals surface area contributed by atoms with E-state index in [1.165, 1.54) is 6.07 Å². The maximum Gasteiger partial charge on any atom is 0.264 e. The fourth-order valence-corrected chi connectivity index (χ4v) is 2.29. The second kappa shape index (κ2) is 4.28. The zero-order valence-corrected chi connectivity index (χ0v) is 9.04. The first-order chi connectivity index (χ1) is 7.63. The number of alkyl halides is 2. The highest BCUT2D eigenvalue weighted by Gasteiger charge is 2.26. The Hall–Kier alpha value is -1.32. The van der Waals surface area contributed by atoms with Gasteiger partial charge < -0.3 is 4.79 Å². The molecule has 0 spiro atoms. The van der Waals surface area contributed by atoms with Crippen LogP contribution in [0.2, 0.25) is 0 Å². The molecule has 0 bridgehead atoms. The van der Waals surface area contributed by atoms with Gasteiger partial charge in [0.2, 0.25) is 0 Å². The summed E-state index contributed by atoms with van der Waals surface area (Å²) in [6, 6.07) is 1.43. The van der Waals surface area contributed by atoms with Gasteiger partial charge in [-0.3, -0.25) is 4.98 Å². The minimum atomic E-state index is -2.49. The topological polar surface area (TPSA) is 30.0 Å². The number of fused-ring (bicyclic) bond motifs is 1. The molecule has 0 aromatic carbocycles. The summed E-state index contributed by atoms with van der Waals surface area (Å²) in [7, 11) is 0. The van der Waals surface area contributed by atoms with Crippen LogP contribution in [0, 0.1) is 6.92 Å². The van der Waals surface area contributed by atoms with Gasteiger partial charge in [0.1, 0.15) is 6.29 Å². The molecule has 0 aliphatic heterocycles. The molecule has 4 heteroatoms. The van der Waals surface area contributed by atoms with Crippen LogP contribution in [-0.4, -0.2) is 11.3 Å². The lowest BCUT2D eigenvalue weighted by atomic mass is 9.85. The molecule has 2 rings (SSSR count). The Bertz CT molecular complexity index is 418. The van der Waals surface area contributed by atoms with Crippen LogP contribution in [0.4, 0.5) is 8.78 Å². The normalized spacial score (nSPS) is 19.6. The van der Waals surface area contributed by atoms with E-state index in [1.807, 2.05) is 0 Å². The van der Waals surface area contributed by atoms with Crippen molar-refractivity contribution in [1.82, 2.24) is 4.98 Å². The van der Waals surface area contributed by atoms with Crippen molar-refractivity contribution in [2.45, 2.75) is 38.5 Å². The minimum absolute atomic E-state index is 0.0500. The standard InChI is InChI=1S/C12H13F2NO/c1-7-5-10(12(13)14)9-4-2-3-8(6-16)11(9)15-7/h5-6,8,12H,2-4H2,1H3. The predicted molar refractivity (Wildman–Crippen MR) is 55.7 cm³/mol. The average Bonchev–Trinajstić information content (AvgIpc) is 2.27. The molecule has 2 nitrogen and oxygen atoms in total. The second-order valence-corrected chi connectivity index (χ2v) is 4.15. The number of hydrogen-bond donors (Lipinski definition) is 0. The zero-order valence-electron chi connectivity index (χ0n) is 9.04. The molecule has 0 saturated heterocycles. The Labute approximate surface area is 92.7 Å². The van der Waals surface area contributed by atoms with Gasteiger partial charge in [0, 0.05) is 11.3 Å². The molecule has 1 aromatic heterocycles. The van der Waals surface area contributed by atoms with E-state index < -0.39 is 6.43 Å². The zero-order chi connectivity index (χ0) is 11.7. The second-order valence-electron chi connectivity index (χ2n) is 4.15. The SMILES string of the molecule is Cc1cc(C(F)F)c2c(n1)C(C=O)CCC2. The van der Waals surface area contributed by atoms with Crippen LogP contribution in [0.3, 0.4) is 0 Å². The first kappa shape index (κ1) is 11.2. The summed E-state index contributed by atoms with van der Waals surface area (Å²) in [6.45, 7) is 1.68. The number of rotatable bonds is 2. The Morgan fingerprint density at radius 3 is 2.94 bits per heavy atom. The number of pyridine rings is 1. The number of carbonyl (C=O) groups excluding carboxylic acids is 1. The minimum Gasteiger partial charge on any atom is -0.303 e. The third-order valence-corrected chi connectivity index (χ3v) is 3.01. The van der Waals surface area contributed by atoms with Gasteiger partial charge in [0.15, 0.2) is 0 Å². The van der Waals surface area contributed by atoms with Crippen molar-refractivity contribution >= 4 is 6.29 Å². The lowest BCUT2D eigenvalue weighted by molar-refractivity contribution is -0.109. The predicted octanol–water partition coefficient (Wildman–Crippen LogP) is 2.95. The summed E-state index contributed by atoms with van der Waals surface area (Å²) in [4.78, 5) is 15.1. The van der Waals surface area contributed by atoms with Crippen LogP contribution in [0.1, 0.15) is 47.7 Å². The van der Waals surface area contributed by atoms with Crippen molar-refractivity contribution in [2.24, 2.45) is 0 Å². The molecule has 0 amide bonds. The molecule has 1 unspecified atom stereocenters. The first-order valence-corrected chi connectivity index (χ1v) is 5.37. The maximum absolute atomic E-state index is 12.8. The Balaban J connectivity index is 2.58. The first-order valence-electron chi connectivity index (χ1n) is 5.37. The Kier molecular flexibility index (Phi) is 2.99. The summed E-state index contributed by atoms with van der Waals surface area (Å²) in [5.41, 5.74) is 1.76. The number of aryl methyl sites for hydroxylation is 1. The molecule has 1 aromatic rings. The van der Waals surface area contributed by atoms with Gasteiger partial charge >= 0.3 is 0 Å². The van der Waals surface area contributed by atoms with Gasteiger partial charge in [-0.05, 0) is 37.8 Å². The molecule has 0 radical (unpaired) electrons. The van der Waals surface area contributed by atoms with Gasteiger partial charge in [-0.1, -0.05) is 0 Å². The summed E-state index contributed by atoms with van der Waals surface area (Å²) in [5, 5.41) is 0. The number of aldehydes is 1. The van der Waals surface area contributed by atoms with Gasteiger partial charge in [-0.2, -0.15) is 0 Å².